The van der Waals surface area contributed by atoms with Gasteiger partial charge in [-0.05, 0) is 0 Å². The number of benzene rings is 2. The molecule has 0 heterocycles. The molecule has 0 radical (unpaired) electrons. The summed E-state index contributed by atoms with van der Waals surface area (Å²) in [5.74, 6) is -1.37. The van der Waals surface area contributed by atoms with Crippen molar-refractivity contribution in [3.8, 4) is 11.5 Å². The number of carboxylic acids is 2. The monoisotopic (exact) mass is 410 g/mol. The van der Waals surface area contributed by atoms with Crippen molar-refractivity contribution in [2.75, 3.05) is 14.2 Å². The second-order valence-corrected chi connectivity index (χ2v) is 7.24. The van der Waals surface area contributed by atoms with Gasteiger partial charge in [-0.2, -0.15) is 0 Å². The number of hydrogen-bond donors (Lipinski definition) is 2. The average Bonchev–Trinajstić information content (AvgIpc) is 2.61. The van der Waals surface area contributed by atoms with Crippen LogP contribution >= 0.6 is 0 Å². The zero-order valence-electron chi connectivity index (χ0n) is 13.8. The standard InChI is InChI=1S/C18H18O6Se/c1-23-15-5-3-11(7-13(15)17(19)20)9-25-10-12-4-6-16(24-2)14(8-12)18(21)22/h3-8H,9-10H2,1-2H3,(H,19,20)(H,21,22). The van der Waals surface area contributed by atoms with E-state index in [1.807, 2.05) is 12.1 Å². The van der Waals surface area contributed by atoms with Crippen molar-refractivity contribution in [2.45, 2.75) is 10.6 Å². The van der Waals surface area contributed by atoms with Crippen LogP contribution in [0, 0.1) is 0 Å². The van der Waals surface area contributed by atoms with Crippen LogP contribution in [-0.2, 0) is 10.6 Å². The number of hydrogen-bond acceptors (Lipinski definition) is 4. The van der Waals surface area contributed by atoms with Gasteiger partial charge in [0.25, 0.3) is 0 Å². The van der Waals surface area contributed by atoms with Crippen molar-refractivity contribution in [2.24, 2.45) is 0 Å². The molecule has 0 aromatic heterocycles. The third kappa shape index (κ3) is 4.75. The van der Waals surface area contributed by atoms with Gasteiger partial charge in [0.05, 0.1) is 0 Å². The van der Waals surface area contributed by atoms with Crippen LogP contribution in [0.3, 0.4) is 0 Å². The Bertz CT molecular complexity index is 722. The molecular weight excluding hydrogens is 391 g/mol. The molecule has 0 aliphatic heterocycles. The van der Waals surface area contributed by atoms with Gasteiger partial charge in [0.15, 0.2) is 0 Å². The summed E-state index contributed by atoms with van der Waals surface area (Å²) in [4.78, 5) is 22.5. The van der Waals surface area contributed by atoms with Crippen LogP contribution in [0.4, 0.5) is 0 Å². The van der Waals surface area contributed by atoms with E-state index < -0.39 is 11.9 Å². The van der Waals surface area contributed by atoms with Crippen LogP contribution in [0.25, 0.3) is 0 Å². The zero-order chi connectivity index (χ0) is 18.4. The second kappa shape index (κ2) is 8.55. The van der Waals surface area contributed by atoms with E-state index in [1.165, 1.54) is 14.2 Å². The first-order valence-electron chi connectivity index (χ1n) is 7.34. The van der Waals surface area contributed by atoms with Crippen molar-refractivity contribution in [1.82, 2.24) is 0 Å². The molecule has 0 unspecified atom stereocenters. The van der Waals surface area contributed by atoms with Crippen LogP contribution in [-0.4, -0.2) is 51.3 Å². The molecule has 0 saturated heterocycles. The fourth-order valence-electron chi connectivity index (χ4n) is 2.31. The Morgan fingerprint density at radius 3 is 1.56 bits per heavy atom. The summed E-state index contributed by atoms with van der Waals surface area (Å²) in [6.45, 7) is 0. The molecule has 2 N–H and O–H groups in total. The predicted octanol–water partition coefficient (Wildman–Crippen LogP) is 2.50. The number of methoxy groups -OCH3 is 2. The van der Waals surface area contributed by atoms with Crippen LogP contribution in [0.15, 0.2) is 36.4 Å². The molecule has 25 heavy (non-hydrogen) atoms. The van der Waals surface area contributed by atoms with Crippen molar-refractivity contribution < 1.29 is 29.3 Å². The van der Waals surface area contributed by atoms with Gasteiger partial charge < -0.3 is 0 Å². The van der Waals surface area contributed by atoms with Crippen LogP contribution in [0.5, 0.6) is 11.5 Å². The summed E-state index contributed by atoms with van der Waals surface area (Å²) < 4.78 is 10.1. The van der Waals surface area contributed by atoms with E-state index in [1.54, 1.807) is 24.3 Å². The molecule has 7 heteroatoms. The summed E-state index contributed by atoms with van der Waals surface area (Å²) in [7, 11) is 2.88. The maximum atomic E-state index is 11.2. The first-order valence-corrected chi connectivity index (χ1v) is 9.76. The molecule has 0 spiro atoms. The van der Waals surface area contributed by atoms with Crippen molar-refractivity contribution in [1.29, 1.82) is 0 Å². The Morgan fingerprint density at radius 1 is 0.840 bits per heavy atom. The zero-order valence-corrected chi connectivity index (χ0v) is 15.5. The second-order valence-electron chi connectivity index (χ2n) is 5.17. The Balaban J connectivity index is 2.06. The Morgan fingerprint density at radius 2 is 1.24 bits per heavy atom. The number of carboxylic acid groups (broad SMARTS) is 2. The summed E-state index contributed by atoms with van der Waals surface area (Å²) in [5, 5.41) is 19.9. The molecule has 0 atom stereocenters. The average molecular weight is 409 g/mol. The molecule has 6 nitrogen and oxygen atoms in total. The molecule has 0 saturated carbocycles. The van der Waals surface area contributed by atoms with Gasteiger partial charge in [-0.1, -0.05) is 0 Å². The molecule has 2 aromatic rings. The number of ether oxygens (including phenoxy) is 2. The molecule has 2 aromatic carbocycles. The van der Waals surface area contributed by atoms with E-state index in [2.05, 4.69) is 0 Å². The van der Waals surface area contributed by atoms with Gasteiger partial charge in [-0.3, -0.25) is 0 Å². The van der Waals surface area contributed by atoms with E-state index in [9.17, 15) is 19.8 Å². The van der Waals surface area contributed by atoms with Gasteiger partial charge in [-0.15, -0.1) is 0 Å². The molecule has 0 amide bonds. The number of aromatic carboxylic acids is 2. The number of carbonyl (C=O) groups is 2. The summed E-state index contributed by atoms with van der Waals surface area (Å²) in [6, 6.07) is 10.3. The van der Waals surface area contributed by atoms with Crippen LogP contribution < -0.4 is 9.47 Å². The fourth-order valence-corrected chi connectivity index (χ4v) is 4.27. The first-order chi connectivity index (χ1) is 12.0. The van der Waals surface area contributed by atoms with Crippen LogP contribution in [0.2, 0.25) is 0 Å². The Kier molecular flexibility index (Phi) is 6.44. The molecule has 0 aliphatic carbocycles. The van der Waals surface area contributed by atoms with Crippen LogP contribution in [0.1, 0.15) is 31.8 Å². The molecule has 2 rings (SSSR count). The van der Waals surface area contributed by atoms with E-state index >= 15 is 0 Å². The van der Waals surface area contributed by atoms with E-state index in [0.29, 0.717) is 11.5 Å². The Labute approximate surface area is 151 Å². The fraction of sp³-hybridized carbons (Fsp3) is 0.222. The van der Waals surface area contributed by atoms with Crippen molar-refractivity contribution in [3.63, 3.8) is 0 Å². The van der Waals surface area contributed by atoms with E-state index in [0.717, 1.165) is 21.8 Å². The minimum absolute atomic E-state index is 0.147. The third-order valence-corrected chi connectivity index (χ3v) is 5.78. The maximum absolute atomic E-state index is 11.2. The predicted molar refractivity (Wildman–Crippen MR) is 93.1 cm³/mol. The Hall–Kier alpha value is -2.50. The quantitative estimate of drug-likeness (QED) is 0.651. The van der Waals surface area contributed by atoms with E-state index in [-0.39, 0.29) is 26.1 Å². The molecule has 132 valence electrons. The third-order valence-electron chi connectivity index (χ3n) is 3.53. The van der Waals surface area contributed by atoms with Gasteiger partial charge in [0.2, 0.25) is 0 Å². The van der Waals surface area contributed by atoms with Gasteiger partial charge in [0, 0.05) is 0 Å². The minimum atomic E-state index is -1.02. The molecular formula is C18H18O6Se. The van der Waals surface area contributed by atoms with E-state index in [4.69, 9.17) is 9.47 Å². The van der Waals surface area contributed by atoms with Crippen molar-refractivity contribution >= 4 is 26.9 Å². The summed E-state index contributed by atoms with van der Waals surface area (Å²) >= 11 is 0.161. The molecule has 0 aliphatic rings. The topological polar surface area (TPSA) is 93.1 Å². The van der Waals surface area contributed by atoms with Crippen molar-refractivity contribution in [3.05, 3.63) is 58.7 Å². The summed E-state index contributed by atoms with van der Waals surface area (Å²) in [5.41, 5.74) is 2.14. The molecule has 0 bridgehead atoms. The van der Waals surface area contributed by atoms with Gasteiger partial charge in [0.1, 0.15) is 0 Å². The first kappa shape index (κ1) is 18.8. The summed E-state index contributed by atoms with van der Waals surface area (Å²) in [6.07, 6.45) is 0. The van der Waals surface area contributed by atoms with Gasteiger partial charge in [-0.25, -0.2) is 0 Å². The normalized spacial score (nSPS) is 10.3. The number of rotatable bonds is 8. The van der Waals surface area contributed by atoms with Gasteiger partial charge >= 0.3 is 151 Å². The SMILES string of the molecule is COc1ccc(C[Se]Cc2ccc(OC)c(C(=O)O)c2)cc1C(=O)O. The molecule has 0 fully saturated rings.